The minimum atomic E-state index is -3.05. The number of hydrogen-bond acceptors (Lipinski definition) is 6. The van der Waals surface area contributed by atoms with Crippen LogP contribution in [0.3, 0.4) is 0 Å². The van der Waals surface area contributed by atoms with Crippen molar-refractivity contribution in [3.8, 4) is 17.6 Å². The molecule has 29 heavy (non-hydrogen) atoms. The molecule has 2 rings (SSSR count). The number of ether oxygens (including phenoxy) is 3. The summed E-state index contributed by atoms with van der Waals surface area (Å²) in [6.07, 6.45) is -1.18. The number of alkyl halides is 2. The number of amides is 1. The van der Waals surface area contributed by atoms with Crippen LogP contribution >= 0.6 is 0 Å². The number of nitrogens with zero attached hydrogens (tertiary/aromatic N) is 1. The Kier molecular flexibility index (Phi) is 7.48. The van der Waals surface area contributed by atoms with Gasteiger partial charge in [0, 0.05) is 0 Å². The van der Waals surface area contributed by atoms with Crippen molar-refractivity contribution in [2.24, 2.45) is 0 Å². The number of nitrogens with one attached hydrogen (secondary N) is 1. The molecule has 0 saturated heterocycles. The maximum atomic E-state index is 12.5. The van der Waals surface area contributed by atoms with Gasteiger partial charge in [0.1, 0.15) is 6.07 Å². The van der Waals surface area contributed by atoms with E-state index in [4.69, 9.17) is 14.7 Å². The summed E-state index contributed by atoms with van der Waals surface area (Å²) < 4.78 is 39.6. The highest BCUT2D eigenvalue weighted by Crippen LogP contribution is 2.30. The lowest BCUT2D eigenvalue weighted by molar-refractivity contribution is -0.123. The van der Waals surface area contributed by atoms with Crippen molar-refractivity contribution in [1.82, 2.24) is 0 Å². The third-order valence-corrected chi connectivity index (χ3v) is 3.65. The van der Waals surface area contributed by atoms with E-state index < -0.39 is 24.6 Å². The zero-order chi connectivity index (χ0) is 21.4. The first kappa shape index (κ1) is 21.6. The molecule has 0 heterocycles. The van der Waals surface area contributed by atoms with Gasteiger partial charge in [-0.2, -0.15) is 14.0 Å². The second kappa shape index (κ2) is 10.0. The van der Waals surface area contributed by atoms with Crippen LogP contribution in [0.4, 0.5) is 14.5 Å². The van der Waals surface area contributed by atoms with Crippen LogP contribution in [0.1, 0.15) is 29.8 Å². The molecule has 2 aromatic rings. The Morgan fingerprint density at radius 1 is 1.17 bits per heavy atom. The molecule has 0 aromatic heterocycles. The fourth-order valence-electron chi connectivity index (χ4n) is 2.30. The molecule has 1 amide bonds. The zero-order valence-electron chi connectivity index (χ0n) is 15.6. The molecule has 152 valence electrons. The molecule has 0 fully saturated rings. The lowest BCUT2D eigenvalue weighted by Gasteiger charge is -2.15. The number of esters is 1. The van der Waals surface area contributed by atoms with Gasteiger partial charge in [0.2, 0.25) is 0 Å². The Morgan fingerprint density at radius 2 is 1.90 bits per heavy atom. The number of hydrogen-bond donors (Lipinski definition) is 1. The SMILES string of the molecule is CCOc1cc(C(=O)O[C@@H](C)C(=O)Nc2ccccc2C#N)ccc1OC(F)F. The normalized spacial score (nSPS) is 11.3. The van der Waals surface area contributed by atoms with Crippen molar-refractivity contribution in [3.63, 3.8) is 0 Å². The maximum Gasteiger partial charge on any atom is 0.387 e. The molecular weight excluding hydrogens is 386 g/mol. The first-order chi connectivity index (χ1) is 13.8. The highest BCUT2D eigenvalue weighted by molar-refractivity contribution is 5.98. The first-order valence-electron chi connectivity index (χ1n) is 8.58. The second-order valence-electron chi connectivity index (χ2n) is 5.67. The molecular formula is C20H18F2N2O5. The minimum Gasteiger partial charge on any atom is -0.490 e. The topological polar surface area (TPSA) is 97.6 Å². The van der Waals surface area contributed by atoms with Gasteiger partial charge >= 0.3 is 12.6 Å². The van der Waals surface area contributed by atoms with E-state index in [0.29, 0.717) is 0 Å². The molecule has 2 aromatic carbocycles. The Morgan fingerprint density at radius 3 is 2.55 bits per heavy atom. The van der Waals surface area contributed by atoms with E-state index in [1.54, 1.807) is 25.1 Å². The molecule has 0 saturated carbocycles. The van der Waals surface area contributed by atoms with Crippen LogP contribution in [0.2, 0.25) is 0 Å². The number of anilines is 1. The van der Waals surface area contributed by atoms with Crippen molar-refractivity contribution in [1.29, 1.82) is 5.26 Å². The first-order valence-corrected chi connectivity index (χ1v) is 8.58. The summed E-state index contributed by atoms with van der Waals surface area (Å²) >= 11 is 0. The Bertz CT molecular complexity index is 927. The number of rotatable bonds is 8. The summed E-state index contributed by atoms with van der Waals surface area (Å²) in [5.74, 6) is -1.77. The van der Waals surface area contributed by atoms with Crippen LogP contribution in [0.5, 0.6) is 11.5 Å². The Hall–Kier alpha value is -3.67. The van der Waals surface area contributed by atoms with Gasteiger partial charge in [-0.05, 0) is 44.2 Å². The quantitative estimate of drug-likeness (QED) is 0.673. The molecule has 0 aliphatic carbocycles. The number of carbonyl (C=O) groups excluding carboxylic acids is 2. The number of benzene rings is 2. The Balaban J connectivity index is 2.09. The van der Waals surface area contributed by atoms with Crippen molar-refractivity contribution in [2.45, 2.75) is 26.6 Å². The predicted molar refractivity (Wildman–Crippen MR) is 98.9 cm³/mol. The smallest absolute Gasteiger partial charge is 0.387 e. The molecule has 7 nitrogen and oxygen atoms in total. The van der Waals surface area contributed by atoms with E-state index in [0.717, 1.165) is 6.07 Å². The van der Waals surface area contributed by atoms with E-state index in [9.17, 15) is 18.4 Å². The molecule has 1 atom stereocenters. The van der Waals surface area contributed by atoms with Crippen molar-refractivity contribution in [3.05, 3.63) is 53.6 Å². The van der Waals surface area contributed by atoms with E-state index in [1.807, 2.05) is 6.07 Å². The van der Waals surface area contributed by atoms with Crippen LogP contribution in [-0.2, 0) is 9.53 Å². The molecule has 0 aliphatic rings. The van der Waals surface area contributed by atoms with Gasteiger partial charge < -0.3 is 19.5 Å². The highest BCUT2D eigenvalue weighted by atomic mass is 19.3. The molecule has 0 radical (unpaired) electrons. The summed E-state index contributed by atoms with van der Waals surface area (Å²) in [6, 6.07) is 11.9. The minimum absolute atomic E-state index is 0.00728. The van der Waals surface area contributed by atoms with Crippen LogP contribution < -0.4 is 14.8 Å². The van der Waals surface area contributed by atoms with E-state index >= 15 is 0 Å². The summed E-state index contributed by atoms with van der Waals surface area (Å²) in [6.45, 7) is 0.115. The molecule has 0 aliphatic heterocycles. The van der Waals surface area contributed by atoms with Crippen LogP contribution in [0.15, 0.2) is 42.5 Å². The van der Waals surface area contributed by atoms with E-state index in [1.165, 1.54) is 25.1 Å². The summed E-state index contributed by atoms with van der Waals surface area (Å²) in [5.41, 5.74) is 0.539. The average Bonchev–Trinajstić information content (AvgIpc) is 2.69. The monoisotopic (exact) mass is 404 g/mol. The molecule has 9 heteroatoms. The van der Waals surface area contributed by atoms with Crippen LogP contribution in [0.25, 0.3) is 0 Å². The third-order valence-electron chi connectivity index (χ3n) is 3.65. The molecule has 0 unspecified atom stereocenters. The third kappa shape index (κ3) is 5.90. The molecule has 0 spiro atoms. The van der Waals surface area contributed by atoms with Gasteiger partial charge in [-0.3, -0.25) is 4.79 Å². The number of carbonyl (C=O) groups is 2. The van der Waals surface area contributed by atoms with Gasteiger partial charge in [-0.1, -0.05) is 12.1 Å². The number of nitriles is 1. The van der Waals surface area contributed by atoms with Gasteiger partial charge in [0.25, 0.3) is 5.91 Å². The van der Waals surface area contributed by atoms with E-state index in [-0.39, 0.29) is 34.9 Å². The predicted octanol–water partition coefficient (Wildman–Crippen LogP) is 3.74. The summed E-state index contributed by atoms with van der Waals surface area (Å²) in [5, 5.41) is 11.6. The van der Waals surface area contributed by atoms with Crippen molar-refractivity contribution >= 4 is 17.6 Å². The highest BCUT2D eigenvalue weighted by Gasteiger charge is 2.21. The summed E-state index contributed by atoms with van der Waals surface area (Å²) in [7, 11) is 0. The van der Waals surface area contributed by atoms with Crippen molar-refractivity contribution < 1.29 is 32.6 Å². The lowest BCUT2D eigenvalue weighted by atomic mass is 10.2. The molecule has 1 N–H and O–H groups in total. The maximum absolute atomic E-state index is 12.5. The second-order valence-corrected chi connectivity index (χ2v) is 5.67. The fourth-order valence-corrected chi connectivity index (χ4v) is 2.30. The average molecular weight is 404 g/mol. The zero-order valence-corrected chi connectivity index (χ0v) is 15.6. The largest absolute Gasteiger partial charge is 0.490 e. The summed E-state index contributed by atoms with van der Waals surface area (Å²) in [4.78, 5) is 24.6. The van der Waals surface area contributed by atoms with Gasteiger partial charge in [0.15, 0.2) is 17.6 Å². The lowest BCUT2D eigenvalue weighted by Crippen LogP contribution is -2.30. The molecule has 0 bridgehead atoms. The number of halogens is 2. The van der Waals surface area contributed by atoms with Gasteiger partial charge in [-0.25, -0.2) is 4.79 Å². The standard InChI is InChI=1S/C20H18F2N2O5/c1-3-27-17-10-13(8-9-16(17)29-20(21)22)19(26)28-12(2)18(25)24-15-7-5-4-6-14(15)11-23/h4-10,12,20H,3H2,1-2H3,(H,24,25)/t12-/m0/s1. The van der Waals surface area contributed by atoms with Crippen LogP contribution in [0, 0.1) is 11.3 Å². The van der Waals surface area contributed by atoms with E-state index in [2.05, 4.69) is 10.1 Å². The number of para-hydroxylation sites is 1. The fraction of sp³-hybridized carbons (Fsp3) is 0.250. The van der Waals surface area contributed by atoms with Crippen molar-refractivity contribution in [2.75, 3.05) is 11.9 Å². The van der Waals surface area contributed by atoms with Gasteiger partial charge in [0.05, 0.1) is 23.4 Å². The Labute approximate surface area is 165 Å². The van der Waals surface area contributed by atoms with Gasteiger partial charge in [-0.15, -0.1) is 0 Å². The van der Waals surface area contributed by atoms with Crippen LogP contribution in [-0.4, -0.2) is 31.2 Å².